The van der Waals surface area contributed by atoms with Crippen molar-refractivity contribution in [3.63, 3.8) is 0 Å². The summed E-state index contributed by atoms with van der Waals surface area (Å²) in [5, 5.41) is 0. The van der Waals surface area contributed by atoms with Gasteiger partial charge in [0.25, 0.3) is 0 Å². The molecule has 4 aliphatic carbocycles. The van der Waals surface area contributed by atoms with Crippen molar-refractivity contribution in [1.29, 1.82) is 0 Å². The molecule has 0 bridgehead atoms. The van der Waals surface area contributed by atoms with Gasteiger partial charge in [0, 0.05) is 7.11 Å². The van der Waals surface area contributed by atoms with Crippen LogP contribution in [0.3, 0.4) is 0 Å². The second kappa shape index (κ2) is 8.32. The van der Waals surface area contributed by atoms with Gasteiger partial charge in [-0.15, -0.1) is 0 Å². The minimum atomic E-state index is 0.109. The van der Waals surface area contributed by atoms with Gasteiger partial charge < -0.3 is 14.2 Å². The molecule has 8 atom stereocenters. The molecule has 5 fully saturated rings. The lowest BCUT2D eigenvalue weighted by Crippen LogP contribution is -2.53. The van der Waals surface area contributed by atoms with Gasteiger partial charge in [0.15, 0.2) is 0 Å². The summed E-state index contributed by atoms with van der Waals surface area (Å²) >= 11 is 0. The van der Waals surface area contributed by atoms with Crippen molar-refractivity contribution in [1.82, 2.24) is 0 Å². The highest BCUT2D eigenvalue weighted by atomic mass is 16.6. The first kappa shape index (κ1) is 18.9. The Bertz CT molecular complexity index is 452. The first-order chi connectivity index (χ1) is 13.3. The van der Waals surface area contributed by atoms with Crippen LogP contribution in [0.25, 0.3) is 0 Å². The van der Waals surface area contributed by atoms with Gasteiger partial charge in [-0.1, -0.05) is 38.5 Å². The van der Waals surface area contributed by atoms with Gasteiger partial charge in [-0.25, -0.2) is 0 Å². The van der Waals surface area contributed by atoms with Crippen LogP contribution in [-0.4, -0.2) is 38.6 Å². The van der Waals surface area contributed by atoms with Gasteiger partial charge in [0.2, 0.25) is 0 Å². The average Bonchev–Trinajstić information content (AvgIpc) is 2.81. The summed E-state index contributed by atoms with van der Waals surface area (Å²) in [6.07, 6.45) is 18.0. The number of hydrogen-bond acceptors (Lipinski definition) is 3. The molecule has 8 unspecified atom stereocenters. The molecule has 4 saturated carbocycles. The molecule has 27 heavy (non-hydrogen) atoms. The summed E-state index contributed by atoms with van der Waals surface area (Å²) in [6, 6.07) is 0. The third-order valence-electron chi connectivity index (χ3n) is 9.20. The molecule has 0 radical (unpaired) electrons. The molecule has 5 aliphatic rings. The van der Waals surface area contributed by atoms with Crippen LogP contribution in [0.4, 0.5) is 0 Å². The molecule has 0 aromatic carbocycles. The van der Waals surface area contributed by atoms with Gasteiger partial charge in [-0.2, -0.15) is 0 Å². The van der Waals surface area contributed by atoms with Crippen LogP contribution in [-0.2, 0) is 14.2 Å². The molecular weight excluding hydrogens is 336 g/mol. The fraction of sp³-hybridized carbons (Fsp3) is 1.00. The standard InChI is InChI=1S/C24H40O3/c1-25-18-14-26-21-12-10-16-6-2-4-8-19(16)23(21)24-20-9-5-3-7-17(20)11-13-22(24)27-15-18/h16-24H,2-15H2,1H3. The van der Waals surface area contributed by atoms with Crippen LogP contribution in [0.15, 0.2) is 0 Å². The van der Waals surface area contributed by atoms with E-state index in [9.17, 15) is 0 Å². The Balaban J connectivity index is 1.49. The molecule has 0 aromatic heterocycles. The minimum absolute atomic E-state index is 0.109. The van der Waals surface area contributed by atoms with E-state index in [1.165, 1.54) is 77.0 Å². The van der Waals surface area contributed by atoms with Crippen molar-refractivity contribution in [2.75, 3.05) is 20.3 Å². The van der Waals surface area contributed by atoms with Crippen LogP contribution in [0.5, 0.6) is 0 Å². The largest absolute Gasteiger partial charge is 0.377 e. The molecule has 3 heteroatoms. The summed E-state index contributed by atoms with van der Waals surface area (Å²) in [5.41, 5.74) is 0. The highest BCUT2D eigenvalue weighted by Crippen LogP contribution is 2.55. The maximum atomic E-state index is 6.64. The van der Waals surface area contributed by atoms with Crippen molar-refractivity contribution in [3.05, 3.63) is 0 Å². The van der Waals surface area contributed by atoms with Crippen molar-refractivity contribution in [2.45, 2.75) is 95.4 Å². The third-order valence-corrected chi connectivity index (χ3v) is 9.20. The van der Waals surface area contributed by atoms with Crippen molar-refractivity contribution < 1.29 is 14.2 Å². The summed E-state index contributed by atoms with van der Waals surface area (Å²) in [6.45, 7) is 1.45. The van der Waals surface area contributed by atoms with Crippen LogP contribution in [0.1, 0.15) is 77.0 Å². The third kappa shape index (κ3) is 3.62. The fourth-order valence-electron chi connectivity index (χ4n) is 8.00. The van der Waals surface area contributed by atoms with Crippen LogP contribution < -0.4 is 0 Å². The van der Waals surface area contributed by atoms with Gasteiger partial charge in [0.1, 0.15) is 6.10 Å². The summed E-state index contributed by atoms with van der Waals surface area (Å²) in [4.78, 5) is 0. The smallest absolute Gasteiger partial charge is 0.104 e. The Morgan fingerprint density at radius 1 is 0.593 bits per heavy atom. The van der Waals surface area contributed by atoms with Gasteiger partial charge >= 0.3 is 0 Å². The Hall–Kier alpha value is -0.120. The Labute approximate surface area is 165 Å². The number of fused-ring (bicyclic) bond motifs is 7. The number of ether oxygens (including phenoxy) is 3. The van der Waals surface area contributed by atoms with Gasteiger partial charge in [-0.3, -0.25) is 0 Å². The maximum Gasteiger partial charge on any atom is 0.104 e. The monoisotopic (exact) mass is 376 g/mol. The normalized spacial score (nSPS) is 50.8. The molecule has 0 aromatic rings. The van der Waals surface area contributed by atoms with Crippen molar-refractivity contribution >= 4 is 0 Å². The SMILES string of the molecule is COC1COC2CCC3CCCCC3C2C2C(CCC3CCCCC32)OC1. The lowest BCUT2D eigenvalue weighted by atomic mass is 9.53. The van der Waals surface area contributed by atoms with Crippen LogP contribution >= 0.6 is 0 Å². The van der Waals surface area contributed by atoms with E-state index in [0.717, 1.165) is 48.7 Å². The predicted molar refractivity (Wildman–Crippen MR) is 107 cm³/mol. The molecule has 1 aliphatic heterocycles. The summed E-state index contributed by atoms with van der Waals surface area (Å²) < 4.78 is 19.0. The van der Waals surface area contributed by atoms with Crippen molar-refractivity contribution in [3.8, 4) is 0 Å². The van der Waals surface area contributed by atoms with Gasteiger partial charge in [-0.05, 0) is 74.0 Å². The van der Waals surface area contributed by atoms with Crippen LogP contribution in [0.2, 0.25) is 0 Å². The highest BCUT2D eigenvalue weighted by Gasteiger charge is 2.52. The van der Waals surface area contributed by atoms with E-state index in [1.54, 1.807) is 0 Å². The molecule has 1 saturated heterocycles. The predicted octanol–water partition coefficient (Wildman–Crippen LogP) is 5.22. The number of rotatable bonds is 1. The lowest BCUT2D eigenvalue weighted by molar-refractivity contribution is -0.140. The summed E-state index contributed by atoms with van der Waals surface area (Å²) in [7, 11) is 1.82. The zero-order valence-electron chi connectivity index (χ0n) is 17.3. The highest BCUT2D eigenvalue weighted by molar-refractivity contribution is 5.01. The quantitative estimate of drug-likeness (QED) is 0.628. The molecule has 154 valence electrons. The molecule has 5 rings (SSSR count). The second-order valence-corrected chi connectivity index (χ2v) is 10.3. The average molecular weight is 377 g/mol. The molecule has 1 heterocycles. The summed E-state index contributed by atoms with van der Waals surface area (Å²) in [5.74, 6) is 5.22. The van der Waals surface area contributed by atoms with E-state index in [4.69, 9.17) is 14.2 Å². The first-order valence-electron chi connectivity index (χ1n) is 12.1. The zero-order chi connectivity index (χ0) is 18.2. The molecule has 0 amide bonds. The first-order valence-corrected chi connectivity index (χ1v) is 12.1. The maximum absolute atomic E-state index is 6.64. The van der Waals surface area contributed by atoms with Gasteiger partial charge in [0.05, 0.1) is 25.4 Å². The number of hydrogen-bond donors (Lipinski definition) is 0. The van der Waals surface area contributed by atoms with E-state index in [-0.39, 0.29) is 6.10 Å². The topological polar surface area (TPSA) is 27.7 Å². The molecule has 0 N–H and O–H groups in total. The van der Waals surface area contributed by atoms with E-state index in [0.29, 0.717) is 12.2 Å². The number of methoxy groups -OCH3 is 1. The molecule has 3 nitrogen and oxygen atoms in total. The van der Waals surface area contributed by atoms with Crippen LogP contribution in [0, 0.1) is 35.5 Å². The van der Waals surface area contributed by atoms with E-state index in [2.05, 4.69) is 0 Å². The van der Waals surface area contributed by atoms with Crippen molar-refractivity contribution in [2.24, 2.45) is 35.5 Å². The fourth-order valence-corrected chi connectivity index (χ4v) is 8.00. The van der Waals surface area contributed by atoms with E-state index >= 15 is 0 Å². The molecular formula is C24H40O3. The zero-order valence-corrected chi connectivity index (χ0v) is 17.3. The Kier molecular flexibility index (Phi) is 5.82. The Morgan fingerprint density at radius 2 is 1.07 bits per heavy atom. The minimum Gasteiger partial charge on any atom is -0.377 e. The molecule has 0 spiro atoms. The Morgan fingerprint density at radius 3 is 1.56 bits per heavy atom. The van der Waals surface area contributed by atoms with E-state index < -0.39 is 0 Å². The lowest BCUT2D eigenvalue weighted by Gasteiger charge is -2.55. The second-order valence-electron chi connectivity index (χ2n) is 10.3. The van der Waals surface area contributed by atoms with E-state index in [1.807, 2.05) is 7.11 Å².